The normalized spacial score (nSPS) is 20.9. The average Bonchev–Trinajstić information content (AvgIpc) is 2.26. The fraction of sp³-hybridized carbons (Fsp3) is 0.800. The fourth-order valence-electron chi connectivity index (χ4n) is 1.44. The summed E-state index contributed by atoms with van der Waals surface area (Å²) in [7, 11) is 1.62. The fourth-order valence-corrected chi connectivity index (χ4v) is 1.44. The van der Waals surface area contributed by atoms with Gasteiger partial charge in [0.2, 0.25) is 11.8 Å². The van der Waals surface area contributed by atoms with E-state index in [1.807, 2.05) is 0 Å². The second kappa shape index (κ2) is 7.32. The van der Waals surface area contributed by atoms with Crippen LogP contribution in [0.1, 0.15) is 12.8 Å². The summed E-state index contributed by atoms with van der Waals surface area (Å²) < 4.78 is 10.1. The molecule has 1 aliphatic heterocycles. The summed E-state index contributed by atoms with van der Waals surface area (Å²) in [5.74, 6) is -0.437. The number of amides is 2. The largest absolute Gasteiger partial charge is 0.382 e. The van der Waals surface area contributed by atoms with Crippen molar-refractivity contribution in [1.29, 1.82) is 0 Å². The van der Waals surface area contributed by atoms with Crippen LogP contribution in [-0.4, -0.2) is 51.3 Å². The number of hydrogen-bond donors (Lipinski definition) is 2. The van der Waals surface area contributed by atoms with Crippen molar-refractivity contribution < 1.29 is 19.1 Å². The predicted molar refractivity (Wildman–Crippen MR) is 56.9 cm³/mol. The summed E-state index contributed by atoms with van der Waals surface area (Å²) in [6, 6.07) is -0.274. The lowest BCUT2D eigenvalue weighted by molar-refractivity contribution is -0.134. The number of hydrogen-bond acceptors (Lipinski definition) is 5. The van der Waals surface area contributed by atoms with Gasteiger partial charge in [0.05, 0.1) is 25.9 Å². The van der Waals surface area contributed by atoms with Crippen LogP contribution in [0.15, 0.2) is 0 Å². The Morgan fingerprint density at radius 1 is 1.38 bits per heavy atom. The molecule has 1 unspecified atom stereocenters. The van der Waals surface area contributed by atoms with Crippen molar-refractivity contribution in [1.82, 2.24) is 10.6 Å². The van der Waals surface area contributed by atoms with Gasteiger partial charge in [-0.05, 0) is 6.42 Å². The van der Waals surface area contributed by atoms with Gasteiger partial charge in [-0.3, -0.25) is 14.9 Å². The van der Waals surface area contributed by atoms with E-state index in [1.165, 1.54) is 0 Å². The molecular formula is C10H18N2O4. The lowest BCUT2D eigenvalue weighted by Gasteiger charge is -2.21. The van der Waals surface area contributed by atoms with Gasteiger partial charge in [0, 0.05) is 20.1 Å². The Balaban J connectivity index is 2.04. The molecular weight excluding hydrogens is 212 g/mol. The first kappa shape index (κ1) is 13.1. The van der Waals surface area contributed by atoms with Gasteiger partial charge in [-0.15, -0.1) is 0 Å². The number of methoxy groups -OCH3 is 1. The third-order valence-electron chi connectivity index (χ3n) is 2.31. The third kappa shape index (κ3) is 4.69. The van der Waals surface area contributed by atoms with Gasteiger partial charge in [0.15, 0.2) is 0 Å². The monoisotopic (exact) mass is 230 g/mol. The van der Waals surface area contributed by atoms with Gasteiger partial charge >= 0.3 is 0 Å². The van der Waals surface area contributed by atoms with E-state index in [2.05, 4.69) is 10.6 Å². The molecule has 1 rings (SSSR count). The molecule has 1 atom stereocenters. The molecule has 1 aliphatic rings. The second-order valence-corrected chi connectivity index (χ2v) is 3.56. The predicted octanol–water partition coefficient (Wildman–Crippen LogP) is -0.956. The molecule has 0 spiro atoms. The number of piperidine rings is 1. The van der Waals surface area contributed by atoms with E-state index in [-0.39, 0.29) is 17.9 Å². The number of ether oxygens (including phenoxy) is 2. The standard InChI is InChI=1S/C10H18N2O4/c1-15-6-7-16-5-4-11-8-2-3-9(13)12-10(8)14/h8,11H,2-7H2,1H3,(H,12,13,14). The van der Waals surface area contributed by atoms with Crippen molar-refractivity contribution >= 4 is 11.8 Å². The zero-order chi connectivity index (χ0) is 11.8. The van der Waals surface area contributed by atoms with Crippen LogP contribution >= 0.6 is 0 Å². The maximum absolute atomic E-state index is 11.3. The molecule has 6 heteroatoms. The Kier molecular flexibility index (Phi) is 5.99. The van der Waals surface area contributed by atoms with Crippen molar-refractivity contribution in [2.75, 3.05) is 33.5 Å². The van der Waals surface area contributed by atoms with Crippen LogP contribution in [-0.2, 0) is 19.1 Å². The molecule has 0 bridgehead atoms. The van der Waals surface area contributed by atoms with Crippen LogP contribution < -0.4 is 10.6 Å². The molecule has 1 fully saturated rings. The zero-order valence-electron chi connectivity index (χ0n) is 9.45. The highest BCUT2D eigenvalue weighted by Crippen LogP contribution is 2.03. The smallest absolute Gasteiger partial charge is 0.243 e. The highest BCUT2D eigenvalue weighted by atomic mass is 16.5. The molecule has 1 heterocycles. The number of rotatable bonds is 7. The zero-order valence-corrected chi connectivity index (χ0v) is 9.45. The van der Waals surface area contributed by atoms with Gasteiger partial charge in [0.1, 0.15) is 0 Å². The molecule has 92 valence electrons. The highest BCUT2D eigenvalue weighted by molar-refractivity contribution is 6.00. The molecule has 0 aliphatic carbocycles. The molecule has 0 saturated carbocycles. The molecule has 0 aromatic heterocycles. The summed E-state index contributed by atoms with van der Waals surface area (Å²) in [5, 5.41) is 5.33. The van der Waals surface area contributed by atoms with Crippen LogP contribution in [0, 0.1) is 0 Å². The van der Waals surface area contributed by atoms with Crippen LogP contribution in [0.25, 0.3) is 0 Å². The maximum atomic E-state index is 11.3. The van der Waals surface area contributed by atoms with Gasteiger partial charge in [0.25, 0.3) is 0 Å². The van der Waals surface area contributed by atoms with Crippen molar-refractivity contribution in [2.24, 2.45) is 0 Å². The summed E-state index contributed by atoms with van der Waals surface area (Å²) in [6.45, 7) is 2.24. The number of imide groups is 1. The highest BCUT2D eigenvalue weighted by Gasteiger charge is 2.25. The van der Waals surface area contributed by atoms with Gasteiger partial charge in [-0.1, -0.05) is 0 Å². The van der Waals surface area contributed by atoms with Crippen molar-refractivity contribution in [3.63, 3.8) is 0 Å². The van der Waals surface area contributed by atoms with Crippen molar-refractivity contribution in [3.05, 3.63) is 0 Å². The quantitative estimate of drug-likeness (QED) is 0.435. The minimum Gasteiger partial charge on any atom is -0.382 e. The van der Waals surface area contributed by atoms with Crippen molar-refractivity contribution in [2.45, 2.75) is 18.9 Å². The number of nitrogens with one attached hydrogen (secondary N) is 2. The molecule has 0 aromatic carbocycles. The summed E-state index contributed by atoms with van der Waals surface area (Å²) >= 11 is 0. The minimum atomic E-state index is -0.274. The third-order valence-corrected chi connectivity index (χ3v) is 2.31. The first-order valence-corrected chi connectivity index (χ1v) is 5.38. The summed E-state index contributed by atoms with van der Waals surface area (Å²) in [5.41, 5.74) is 0. The van der Waals surface area contributed by atoms with Gasteiger partial charge in [-0.2, -0.15) is 0 Å². The number of carbonyl (C=O) groups excluding carboxylic acids is 2. The summed E-state index contributed by atoms with van der Waals surface area (Å²) in [4.78, 5) is 22.2. The Bertz CT molecular complexity index is 245. The molecule has 0 radical (unpaired) electrons. The van der Waals surface area contributed by atoms with Crippen LogP contribution in [0.5, 0.6) is 0 Å². The Morgan fingerprint density at radius 3 is 2.88 bits per heavy atom. The van der Waals surface area contributed by atoms with E-state index >= 15 is 0 Å². The van der Waals surface area contributed by atoms with E-state index in [1.54, 1.807) is 7.11 Å². The van der Waals surface area contributed by atoms with E-state index < -0.39 is 0 Å². The first-order valence-electron chi connectivity index (χ1n) is 5.38. The lowest BCUT2D eigenvalue weighted by Crippen LogP contribution is -2.51. The first-order chi connectivity index (χ1) is 7.74. The number of carbonyl (C=O) groups is 2. The second-order valence-electron chi connectivity index (χ2n) is 3.56. The van der Waals surface area contributed by atoms with Crippen LogP contribution in [0.4, 0.5) is 0 Å². The van der Waals surface area contributed by atoms with E-state index in [0.29, 0.717) is 39.2 Å². The topological polar surface area (TPSA) is 76.7 Å². The van der Waals surface area contributed by atoms with Gasteiger partial charge < -0.3 is 14.8 Å². The molecule has 16 heavy (non-hydrogen) atoms. The average molecular weight is 230 g/mol. The van der Waals surface area contributed by atoms with E-state index in [4.69, 9.17) is 9.47 Å². The molecule has 6 nitrogen and oxygen atoms in total. The minimum absolute atomic E-state index is 0.195. The van der Waals surface area contributed by atoms with Crippen molar-refractivity contribution in [3.8, 4) is 0 Å². The Labute approximate surface area is 94.7 Å². The Hall–Kier alpha value is -0.980. The SMILES string of the molecule is COCCOCCNC1CCC(=O)NC1=O. The molecule has 1 saturated heterocycles. The van der Waals surface area contributed by atoms with Crippen LogP contribution in [0.2, 0.25) is 0 Å². The van der Waals surface area contributed by atoms with E-state index in [9.17, 15) is 9.59 Å². The van der Waals surface area contributed by atoms with Crippen LogP contribution in [0.3, 0.4) is 0 Å². The summed E-state index contributed by atoms with van der Waals surface area (Å²) in [6.07, 6.45) is 0.955. The molecule has 0 aromatic rings. The lowest BCUT2D eigenvalue weighted by atomic mass is 10.1. The van der Waals surface area contributed by atoms with E-state index in [0.717, 1.165) is 0 Å². The van der Waals surface area contributed by atoms with Gasteiger partial charge in [-0.25, -0.2) is 0 Å². The molecule has 2 N–H and O–H groups in total. The maximum Gasteiger partial charge on any atom is 0.243 e. The Morgan fingerprint density at radius 2 is 2.19 bits per heavy atom. The molecule has 2 amide bonds.